The second-order valence-electron chi connectivity index (χ2n) is 2.65. The summed E-state index contributed by atoms with van der Waals surface area (Å²) in [6.07, 6.45) is 0.718. The third kappa shape index (κ3) is 0.830. The van der Waals surface area contributed by atoms with Crippen LogP contribution in [0.3, 0.4) is 0 Å². The number of carbonyl (C=O) groups is 1. The molecule has 0 atom stereocenters. The van der Waals surface area contributed by atoms with Crippen molar-refractivity contribution in [3.05, 3.63) is 30.0 Å². The van der Waals surface area contributed by atoms with Gasteiger partial charge in [0.25, 0.3) is 0 Å². The fraction of sp³-hybridized carbons (Fsp3) is 0.111. The molecule has 0 amide bonds. The lowest BCUT2D eigenvalue weighted by molar-refractivity contribution is 0.542. The van der Waals surface area contributed by atoms with E-state index in [9.17, 15) is 4.79 Å². The highest BCUT2D eigenvalue weighted by Crippen LogP contribution is 2.15. The Morgan fingerprint density at radius 3 is 2.92 bits per heavy atom. The van der Waals surface area contributed by atoms with Crippen LogP contribution in [0.25, 0.3) is 10.9 Å². The van der Waals surface area contributed by atoms with Crippen molar-refractivity contribution in [2.24, 2.45) is 0 Å². The second kappa shape index (κ2) is 2.44. The van der Waals surface area contributed by atoms with E-state index in [1.165, 1.54) is 4.68 Å². The molecule has 0 radical (unpaired) electrons. The highest BCUT2D eigenvalue weighted by molar-refractivity contribution is 5.85. The van der Waals surface area contributed by atoms with Crippen LogP contribution in [0.15, 0.2) is 24.3 Å². The first-order valence-electron chi connectivity index (χ1n) is 3.72. The van der Waals surface area contributed by atoms with Crippen molar-refractivity contribution in [1.29, 1.82) is 0 Å². The van der Waals surface area contributed by atoms with E-state index in [2.05, 4.69) is 5.10 Å². The predicted octanol–water partition coefficient (Wildman–Crippen LogP) is 1.38. The van der Waals surface area contributed by atoms with Crippen molar-refractivity contribution in [3.63, 3.8) is 0 Å². The van der Waals surface area contributed by atoms with Gasteiger partial charge >= 0.3 is 0 Å². The highest BCUT2D eigenvalue weighted by atomic mass is 16.1. The number of benzene rings is 1. The number of hydrogen-bond acceptors (Lipinski definition) is 2. The Labute approximate surface area is 69.6 Å². The fourth-order valence-corrected chi connectivity index (χ4v) is 1.33. The number of rotatable bonds is 1. The molecule has 2 rings (SSSR count). The second-order valence-corrected chi connectivity index (χ2v) is 2.65. The van der Waals surface area contributed by atoms with Crippen molar-refractivity contribution in [2.75, 3.05) is 0 Å². The van der Waals surface area contributed by atoms with Crippen LogP contribution in [-0.4, -0.2) is 16.2 Å². The maximum Gasteiger partial charge on any atom is 0.234 e. The van der Waals surface area contributed by atoms with E-state index in [1.54, 1.807) is 0 Å². The molecule has 1 heterocycles. The average molecular weight is 160 g/mol. The molecular weight excluding hydrogens is 152 g/mol. The molecule has 3 nitrogen and oxygen atoms in total. The first kappa shape index (κ1) is 7.03. The molecule has 0 N–H and O–H groups in total. The van der Waals surface area contributed by atoms with Crippen LogP contribution >= 0.6 is 0 Å². The number of fused-ring (bicyclic) bond motifs is 1. The number of para-hydroxylation sites is 1. The lowest BCUT2D eigenvalue weighted by atomic mass is 10.2. The molecule has 0 aliphatic heterocycles. The largest absolute Gasteiger partial charge is 0.276 e. The van der Waals surface area contributed by atoms with Crippen molar-refractivity contribution in [2.45, 2.75) is 6.92 Å². The Morgan fingerprint density at radius 1 is 1.42 bits per heavy atom. The average Bonchev–Trinajstić information content (AvgIpc) is 2.44. The van der Waals surface area contributed by atoms with E-state index in [0.29, 0.717) is 0 Å². The SMILES string of the molecule is Cc1nn(C=O)c2ccccc12. The van der Waals surface area contributed by atoms with Gasteiger partial charge in [0, 0.05) is 5.39 Å². The summed E-state index contributed by atoms with van der Waals surface area (Å²) in [4.78, 5) is 10.5. The molecule has 12 heavy (non-hydrogen) atoms. The molecule has 0 unspecified atom stereocenters. The van der Waals surface area contributed by atoms with Gasteiger partial charge in [-0.3, -0.25) is 4.79 Å². The van der Waals surface area contributed by atoms with E-state index in [1.807, 2.05) is 31.2 Å². The standard InChI is InChI=1S/C9H8N2O/c1-7-8-4-2-3-5-9(8)11(6-12)10-7/h2-6H,1H3. The van der Waals surface area contributed by atoms with Gasteiger partial charge in [0.2, 0.25) is 6.41 Å². The normalized spacial score (nSPS) is 10.4. The first-order valence-corrected chi connectivity index (χ1v) is 3.72. The minimum absolute atomic E-state index is 0.718. The Bertz CT molecular complexity index is 431. The molecule has 0 saturated heterocycles. The lowest BCUT2D eigenvalue weighted by Gasteiger charge is -1.89. The summed E-state index contributed by atoms with van der Waals surface area (Å²) in [5, 5.41) is 5.09. The number of aromatic nitrogens is 2. The van der Waals surface area contributed by atoms with Crippen LogP contribution in [0.4, 0.5) is 0 Å². The Hall–Kier alpha value is -1.64. The Balaban J connectivity index is 2.91. The van der Waals surface area contributed by atoms with Gasteiger partial charge in [-0.2, -0.15) is 5.10 Å². The van der Waals surface area contributed by atoms with E-state index in [0.717, 1.165) is 23.0 Å². The van der Waals surface area contributed by atoms with Crippen LogP contribution in [-0.2, 0) is 4.79 Å². The topological polar surface area (TPSA) is 34.9 Å². The summed E-state index contributed by atoms with van der Waals surface area (Å²) < 4.78 is 1.35. The third-order valence-electron chi connectivity index (χ3n) is 1.90. The van der Waals surface area contributed by atoms with Crippen molar-refractivity contribution < 1.29 is 4.79 Å². The number of nitrogens with zero attached hydrogens (tertiary/aromatic N) is 2. The molecule has 1 aromatic carbocycles. The first-order chi connectivity index (χ1) is 5.83. The molecule has 2 aromatic rings. The molecule has 0 aliphatic carbocycles. The van der Waals surface area contributed by atoms with E-state index < -0.39 is 0 Å². The van der Waals surface area contributed by atoms with E-state index in [-0.39, 0.29) is 0 Å². The monoisotopic (exact) mass is 160 g/mol. The maximum atomic E-state index is 10.5. The molecule has 1 aromatic heterocycles. The van der Waals surface area contributed by atoms with Crippen LogP contribution in [0.5, 0.6) is 0 Å². The summed E-state index contributed by atoms with van der Waals surface area (Å²) in [6.45, 7) is 1.89. The van der Waals surface area contributed by atoms with Crippen LogP contribution in [0.1, 0.15) is 5.69 Å². The van der Waals surface area contributed by atoms with Gasteiger partial charge in [0.05, 0.1) is 11.2 Å². The molecular formula is C9H8N2O. The number of hydrogen-bond donors (Lipinski definition) is 0. The number of aryl methyl sites for hydroxylation is 1. The highest BCUT2D eigenvalue weighted by Gasteiger charge is 2.03. The zero-order chi connectivity index (χ0) is 8.55. The molecule has 0 bridgehead atoms. The van der Waals surface area contributed by atoms with Gasteiger partial charge in [-0.25, -0.2) is 4.68 Å². The maximum absolute atomic E-state index is 10.5. The zero-order valence-electron chi connectivity index (χ0n) is 6.69. The molecule has 3 heteroatoms. The lowest BCUT2D eigenvalue weighted by Crippen LogP contribution is -1.95. The molecule has 0 saturated carbocycles. The summed E-state index contributed by atoms with van der Waals surface area (Å²) in [5.74, 6) is 0. The summed E-state index contributed by atoms with van der Waals surface area (Å²) in [5.41, 5.74) is 1.75. The van der Waals surface area contributed by atoms with Gasteiger partial charge in [-0.05, 0) is 13.0 Å². The zero-order valence-corrected chi connectivity index (χ0v) is 6.69. The molecule has 60 valence electrons. The van der Waals surface area contributed by atoms with Gasteiger partial charge in [0.15, 0.2) is 0 Å². The van der Waals surface area contributed by atoms with Crippen molar-refractivity contribution in [1.82, 2.24) is 9.78 Å². The van der Waals surface area contributed by atoms with E-state index in [4.69, 9.17) is 0 Å². The minimum atomic E-state index is 0.718. The Morgan fingerprint density at radius 2 is 2.17 bits per heavy atom. The summed E-state index contributed by atoms with van der Waals surface area (Å²) in [7, 11) is 0. The number of carbonyl (C=O) groups excluding carboxylic acids is 1. The van der Waals surface area contributed by atoms with E-state index >= 15 is 0 Å². The van der Waals surface area contributed by atoms with Gasteiger partial charge < -0.3 is 0 Å². The quantitative estimate of drug-likeness (QED) is 0.591. The minimum Gasteiger partial charge on any atom is -0.276 e. The fourth-order valence-electron chi connectivity index (χ4n) is 1.33. The van der Waals surface area contributed by atoms with Gasteiger partial charge in [-0.15, -0.1) is 0 Å². The van der Waals surface area contributed by atoms with Crippen LogP contribution in [0.2, 0.25) is 0 Å². The van der Waals surface area contributed by atoms with Gasteiger partial charge in [0.1, 0.15) is 0 Å². The van der Waals surface area contributed by atoms with Crippen molar-refractivity contribution in [3.8, 4) is 0 Å². The van der Waals surface area contributed by atoms with Gasteiger partial charge in [-0.1, -0.05) is 18.2 Å². The summed E-state index contributed by atoms with van der Waals surface area (Å²) >= 11 is 0. The Kier molecular flexibility index (Phi) is 1.43. The predicted molar refractivity (Wildman–Crippen MR) is 46.6 cm³/mol. The smallest absolute Gasteiger partial charge is 0.234 e. The molecule has 0 spiro atoms. The third-order valence-corrected chi connectivity index (χ3v) is 1.90. The molecule has 0 aliphatic rings. The van der Waals surface area contributed by atoms with Crippen molar-refractivity contribution >= 4 is 17.3 Å². The molecule has 0 fully saturated rings. The van der Waals surface area contributed by atoms with Crippen LogP contribution in [0, 0.1) is 6.92 Å². The van der Waals surface area contributed by atoms with Crippen LogP contribution < -0.4 is 0 Å². The summed E-state index contributed by atoms with van der Waals surface area (Å²) in [6, 6.07) is 7.66.